The molecule has 158 valence electrons. The molecular weight excluding hydrogens is 418 g/mol. The molecule has 0 aliphatic rings. The van der Waals surface area contributed by atoms with Crippen LogP contribution in [0.15, 0.2) is 49.1 Å². The van der Waals surface area contributed by atoms with Crippen LogP contribution in [0.4, 0.5) is 26.3 Å². The van der Waals surface area contributed by atoms with Crippen LogP contribution < -0.4 is 0 Å². The van der Waals surface area contributed by atoms with Crippen molar-refractivity contribution in [1.29, 1.82) is 0 Å². The van der Waals surface area contributed by atoms with Gasteiger partial charge in [0.15, 0.2) is 12.1 Å². The normalized spacial score (nSPS) is 13.2. The molecule has 0 fully saturated rings. The number of benzene rings is 1. The van der Waals surface area contributed by atoms with E-state index in [0.29, 0.717) is 17.7 Å². The van der Waals surface area contributed by atoms with Gasteiger partial charge in [0.1, 0.15) is 6.33 Å². The van der Waals surface area contributed by atoms with Gasteiger partial charge in [-0.15, -0.1) is 5.10 Å². The number of pyridine rings is 1. The Morgan fingerprint density at radius 2 is 1.50 bits per heavy atom. The van der Waals surface area contributed by atoms with E-state index in [-0.39, 0.29) is 11.6 Å². The first-order valence-corrected chi connectivity index (χ1v) is 8.14. The second kappa shape index (κ2) is 7.88. The zero-order chi connectivity index (χ0) is 22.1. The Kier molecular flexibility index (Phi) is 5.63. The van der Waals surface area contributed by atoms with E-state index in [0.717, 1.165) is 17.2 Å². The van der Waals surface area contributed by atoms with Gasteiger partial charge in [-0.05, 0) is 35.9 Å². The first-order chi connectivity index (χ1) is 13.9. The number of aliphatic hydroxyl groups is 2. The van der Waals surface area contributed by atoms with Crippen molar-refractivity contribution in [2.75, 3.05) is 0 Å². The number of hydrogen-bond donors (Lipinski definition) is 2. The lowest BCUT2D eigenvalue weighted by Gasteiger charge is -2.13. The van der Waals surface area contributed by atoms with Gasteiger partial charge in [-0.3, -0.25) is 4.98 Å². The van der Waals surface area contributed by atoms with Crippen molar-refractivity contribution in [1.82, 2.24) is 19.7 Å². The fraction of sp³-hybridized carbons (Fsp3) is 0.167. The topological polar surface area (TPSA) is 84.1 Å². The number of aromatic nitrogens is 4. The Morgan fingerprint density at radius 1 is 0.933 bits per heavy atom. The summed E-state index contributed by atoms with van der Waals surface area (Å²) in [7, 11) is 0. The third-order valence-corrected chi connectivity index (χ3v) is 3.92. The number of halogens is 6. The summed E-state index contributed by atoms with van der Waals surface area (Å²) < 4.78 is 79.1. The Bertz CT molecular complexity index is 1030. The minimum atomic E-state index is -5.01. The molecule has 2 N–H and O–H groups in total. The van der Waals surface area contributed by atoms with Crippen LogP contribution in [0.2, 0.25) is 0 Å². The number of alkyl halides is 6. The van der Waals surface area contributed by atoms with Gasteiger partial charge in [-0.1, -0.05) is 0 Å². The van der Waals surface area contributed by atoms with Crippen molar-refractivity contribution < 1.29 is 36.6 Å². The fourth-order valence-electron chi connectivity index (χ4n) is 2.53. The molecule has 30 heavy (non-hydrogen) atoms. The highest BCUT2D eigenvalue weighted by atomic mass is 19.4. The van der Waals surface area contributed by atoms with Crippen molar-refractivity contribution in [3.8, 4) is 11.4 Å². The maximum Gasteiger partial charge on any atom is 0.416 e. The molecule has 0 atom stereocenters. The van der Waals surface area contributed by atoms with E-state index in [1.54, 1.807) is 0 Å². The molecule has 2 heterocycles. The van der Waals surface area contributed by atoms with Crippen LogP contribution in [0, 0.1) is 0 Å². The summed E-state index contributed by atoms with van der Waals surface area (Å²) in [6.45, 7) is 0. The molecule has 0 aliphatic carbocycles. The summed E-state index contributed by atoms with van der Waals surface area (Å²) in [6, 6.07) is 3.94. The van der Waals surface area contributed by atoms with Gasteiger partial charge in [-0.2, -0.15) is 26.3 Å². The van der Waals surface area contributed by atoms with Crippen molar-refractivity contribution >= 4 is 11.8 Å². The average molecular weight is 430 g/mol. The zero-order valence-electron chi connectivity index (χ0n) is 14.7. The highest BCUT2D eigenvalue weighted by molar-refractivity contribution is 5.76. The third-order valence-electron chi connectivity index (χ3n) is 3.92. The Labute approximate surface area is 164 Å². The van der Waals surface area contributed by atoms with Crippen LogP contribution >= 0.6 is 0 Å². The van der Waals surface area contributed by atoms with Crippen molar-refractivity contribution in [2.45, 2.75) is 18.6 Å². The van der Waals surface area contributed by atoms with E-state index in [9.17, 15) is 36.6 Å². The maximum atomic E-state index is 13.0. The quantitative estimate of drug-likeness (QED) is 0.487. The molecule has 6 nitrogen and oxygen atoms in total. The highest BCUT2D eigenvalue weighted by Gasteiger charge is 2.37. The zero-order valence-corrected chi connectivity index (χ0v) is 14.7. The molecule has 3 rings (SSSR count). The SMILES string of the molecule is OC(O)C(=Cn1cnc(-c2cc(C(F)(F)F)cc(C(F)(F)F)c2)n1)c1ccncc1. The monoisotopic (exact) mass is 430 g/mol. The molecule has 0 bridgehead atoms. The molecule has 0 spiro atoms. The number of rotatable bonds is 4. The van der Waals surface area contributed by atoms with Gasteiger partial charge < -0.3 is 10.2 Å². The first kappa shape index (κ1) is 21.5. The van der Waals surface area contributed by atoms with Gasteiger partial charge in [-0.25, -0.2) is 9.67 Å². The molecule has 0 saturated carbocycles. The molecule has 2 aromatic heterocycles. The summed E-state index contributed by atoms with van der Waals surface area (Å²) in [5.41, 5.74) is -3.19. The smallest absolute Gasteiger partial charge is 0.364 e. The summed E-state index contributed by atoms with van der Waals surface area (Å²) >= 11 is 0. The first-order valence-electron chi connectivity index (χ1n) is 8.14. The predicted molar refractivity (Wildman–Crippen MR) is 92.1 cm³/mol. The van der Waals surface area contributed by atoms with Crippen LogP contribution in [-0.2, 0) is 12.4 Å². The largest absolute Gasteiger partial charge is 0.416 e. The molecule has 3 aromatic rings. The Morgan fingerprint density at radius 3 is 2.00 bits per heavy atom. The molecule has 12 heteroatoms. The predicted octanol–water partition coefficient (Wildman–Crippen LogP) is 3.69. The number of aliphatic hydroxyl groups excluding tert-OH is 1. The van der Waals surface area contributed by atoms with Crippen molar-refractivity contribution in [3.05, 3.63) is 65.7 Å². The second-order valence-corrected chi connectivity index (χ2v) is 6.04. The minimum Gasteiger partial charge on any atom is -0.364 e. The van der Waals surface area contributed by atoms with Crippen LogP contribution in [0.1, 0.15) is 16.7 Å². The van der Waals surface area contributed by atoms with Crippen LogP contribution in [0.25, 0.3) is 23.2 Å². The molecule has 0 radical (unpaired) electrons. The van der Waals surface area contributed by atoms with E-state index >= 15 is 0 Å². The van der Waals surface area contributed by atoms with Crippen LogP contribution in [0.5, 0.6) is 0 Å². The molecular formula is C18H12F6N4O2. The van der Waals surface area contributed by atoms with E-state index in [2.05, 4.69) is 15.1 Å². The van der Waals surface area contributed by atoms with Gasteiger partial charge in [0, 0.05) is 29.7 Å². The lowest BCUT2D eigenvalue weighted by atomic mass is 10.0. The lowest BCUT2D eigenvalue weighted by Crippen LogP contribution is -2.11. The summed E-state index contributed by atoms with van der Waals surface area (Å²) in [4.78, 5) is 7.52. The van der Waals surface area contributed by atoms with Crippen molar-refractivity contribution in [3.63, 3.8) is 0 Å². The Hall–Kier alpha value is -3.25. The van der Waals surface area contributed by atoms with Gasteiger partial charge in [0.2, 0.25) is 0 Å². The molecule has 1 aromatic carbocycles. The number of hydrogen-bond acceptors (Lipinski definition) is 5. The van der Waals surface area contributed by atoms with E-state index < -0.39 is 41.2 Å². The summed E-state index contributed by atoms with van der Waals surface area (Å²) in [6.07, 6.45) is -7.05. The second-order valence-electron chi connectivity index (χ2n) is 6.04. The number of nitrogens with zero attached hydrogens (tertiary/aromatic N) is 4. The Balaban J connectivity index is 2.05. The standard InChI is InChI=1S/C18H12F6N4O2/c19-17(20,21)12-5-11(6-13(7-12)18(22,23)24)15-26-9-28(27-15)8-14(16(29)30)10-1-3-25-4-2-10/h1-9,16,29-30H. The van der Waals surface area contributed by atoms with Crippen LogP contribution in [0.3, 0.4) is 0 Å². The lowest BCUT2D eigenvalue weighted by molar-refractivity contribution is -0.143. The van der Waals surface area contributed by atoms with E-state index in [1.807, 2.05) is 0 Å². The molecule has 0 saturated heterocycles. The van der Waals surface area contributed by atoms with E-state index in [1.165, 1.54) is 24.5 Å². The summed E-state index contributed by atoms with van der Waals surface area (Å²) in [5.74, 6) is -0.413. The molecule has 0 aliphatic heterocycles. The van der Waals surface area contributed by atoms with Crippen molar-refractivity contribution in [2.24, 2.45) is 0 Å². The highest BCUT2D eigenvalue weighted by Crippen LogP contribution is 2.38. The van der Waals surface area contributed by atoms with Gasteiger partial charge in [0.25, 0.3) is 0 Å². The molecule has 0 unspecified atom stereocenters. The van der Waals surface area contributed by atoms with Gasteiger partial charge in [0.05, 0.1) is 11.1 Å². The fourth-order valence-corrected chi connectivity index (χ4v) is 2.53. The maximum absolute atomic E-state index is 13.0. The third kappa shape index (κ3) is 4.83. The average Bonchev–Trinajstić information content (AvgIpc) is 3.13. The van der Waals surface area contributed by atoms with E-state index in [4.69, 9.17) is 0 Å². The van der Waals surface area contributed by atoms with Crippen LogP contribution in [-0.4, -0.2) is 36.3 Å². The minimum absolute atomic E-state index is 0.00403. The molecule has 0 amide bonds. The van der Waals surface area contributed by atoms with Gasteiger partial charge >= 0.3 is 12.4 Å². The summed E-state index contributed by atoms with van der Waals surface area (Å²) in [5, 5.41) is 22.9.